The Morgan fingerprint density at radius 2 is 2.04 bits per heavy atom. The number of hydrogen-bond acceptors (Lipinski definition) is 2. The Bertz CT molecular complexity index is 599. The molecule has 2 saturated heterocycles. The van der Waals surface area contributed by atoms with Crippen molar-refractivity contribution < 1.29 is 9.59 Å². The van der Waals surface area contributed by atoms with Crippen molar-refractivity contribution in [1.82, 2.24) is 9.80 Å². The fourth-order valence-electron chi connectivity index (χ4n) is 3.87. The fraction of sp³-hybridized carbons (Fsp3) is 0.600. The molecule has 0 spiro atoms. The largest absolute Gasteiger partial charge is 0.341 e. The predicted molar refractivity (Wildman–Crippen MR) is 94.8 cm³/mol. The van der Waals surface area contributed by atoms with Crippen molar-refractivity contribution in [2.24, 2.45) is 0 Å². The molecular weight excluding hydrogens is 300 g/mol. The second-order valence-corrected chi connectivity index (χ2v) is 7.22. The van der Waals surface area contributed by atoms with Crippen molar-refractivity contribution in [2.45, 2.75) is 51.4 Å². The highest BCUT2D eigenvalue weighted by atomic mass is 16.2. The number of carbonyl (C=O) groups is 2. The lowest BCUT2D eigenvalue weighted by molar-refractivity contribution is -0.140. The van der Waals surface area contributed by atoms with Gasteiger partial charge in [-0.25, -0.2) is 0 Å². The number of carbonyl (C=O) groups excluding carboxylic acids is 2. The molecule has 4 heteroatoms. The first-order valence-electron chi connectivity index (χ1n) is 9.25. The van der Waals surface area contributed by atoms with Crippen molar-refractivity contribution in [3.05, 3.63) is 35.4 Å². The van der Waals surface area contributed by atoms with Gasteiger partial charge in [-0.1, -0.05) is 36.2 Å². The van der Waals surface area contributed by atoms with Crippen LogP contribution >= 0.6 is 0 Å². The van der Waals surface area contributed by atoms with Crippen LogP contribution in [0, 0.1) is 6.92 Å². The first kappa shape index (κ1) is 17.0. The van der Waals surface area contributed by atoms with Crippen LogP contribution in [0.1, 0.15) is 55.6 Å². The first-order chi connectivity index (χ1) is 11.6. The zero-order valence-electron chi connectivity index (χ0n) is 14.7. The van der Waals surface area contributed by atoms with E-state index in [1.165, 1.54) is 11.1 Å². The molecule has 2 fully saturated rings. The number of amides is 2. The van der Waals surface area contributed by atoms with Gasteiger partial charge in [0.05, 0.1) is 6.54 Å². The van der Waals surface area contributed by atoms with Crippen LogP contribution in [0.25, 0.3) is 0 Å². The molecule has 1 atom stereocenters. The number of hydrogen-bond donors (Lipinski definition) is 0. The van der Waals surface area contributed by atoms with Crippen molar-refractivity contribution in [3.8, 4) is 0 Å². The third-order valence-electron chi connectivity index (χ3n) is 5.29. The minimum atomic E-state index is 0.114. The van der Waals surface area contributed by atoms with Crippen LogP contribution < -0.4 is 0 Å². The average molecular weight is 328 g/mol. The smallest absolute Gasteiger partial charge is 0.242 e. The standard InChI is InChI=1S/C20H28N2O2/c1-16-7-5-8-17(13-16)18-9-6-12-21(14-18)20(24)15-22-11-4-2-3-10-19(22)23/h5,7-8,13,18H,2-4,6,9-12,14-15H2,1H3/t18-/m0/s1. The molecule has 0 aromatic heterocycles. The fourth-order valence-corrected chi connectivity index (χ4v) is 3.87. The van der Waals surface area contributed by atoms with Gasteiger partial charge in [0, 0.05) is 32.0 Å². The van der Waals surface area contributed by atoms with Gasteiger partial charge in [0.2, 0.25) is 11.8 Å². The summed E-state index contributed by atoms with van der Waals surface area (Å²) < 4.78 is 0. The quantitative estimate of drug-likeness (QED) is 0.855. The van der Waals surface area contributed by atoms with Crippen LogP contribution in [-0.2, 0) is 9.59 Å². The summed E-state index contributed by atoms with van der Waals surface area (Å²) in [5, 5.41) is 0. The summed E-state index contributed by atoms with van der Waals surface area (Å²) in [5.41, 5.74) is 2.60. The minimum Gasteiger partial charge on any atom is -0.341 e. The first-order valence-corrected chi connectivity index (χ1v) is 9.25. The van der Waals surface area contributed by atoms with E-state index in [4.69, 9.17) is 0 Å². The molecule has 1 aromatic rings. The number of likely N-dealkylation sites (tertiary alicyclic amines) is 2. The van der Waals surface area contributed by atoms with Gasteiger partial charge in [0.25, 0.3) is 0 Å². The van der Waals surface area contributed by atoms with Crippen LogP contribution in [0.2, 0.25) is 0 Å². The Balaban J connectivity index is 1.61. The number of rotatable bonds is 3. The van der Waals surface area contributed by atoms with Crippen molar-refractivity contribution in [2.75, 3.05) is 26.2 Å². The Hall–Kier alpha value is -1.84. The molecule has 24 heavy (non-hydrogen) atoms. The molecule has 3 rings (SSSR count). The van der Waals surface area contributed by atoms with E-state index in [-0.39, 0.29) is 18.4 Å². The molecule has 0 N–H and O–H groups in total. The highest BCUT2D eigenvalue weighted by Gasteiger charge is 2.27. The molecule has 130 valence electrons. The maximum Gasteiger partial charge on any atom is 0.242 e. The maximum absolute atomic E-state index is 12.7. The zero-order valence-corrected chi connectivity index (χ0v) is 14.7. The summed E-state index contributed by atoms with van der Waals surface area (Å²) in [6.07, 6.45) is 5.84. The van der Waals surface area contributed by atoms with E-state index in [1.807, 2.05) is 4.90 Å². The summed E-state index contributed by atoms with van der Waals surface area (Å²) in [4.78, 5) is 28.5. The summed E-state index contributed by atoms with van der Waals surface area (Å²) in [7, 11) is 0. The van der Waals surface area contributed by atoms with Crippen molar-refractivity contribution in [3.63, 3.8) is 0 Å². The molecule has 2 aliphatic heterocycles. The van der Waals surface area contributed by atoms with E-state index in [0.29, 0.717) is 12.3 Å². The number of piperidine rings is 1. The SMILES string of the molecule is Cc1cccc([C@H]2CCCN(C(=O)CN3CCCCCC3=O)C2)c1. The third-order valence-corrected chi connectivity index (χ3v) is 5.29. The third kappa shape index (κ3) is 4.16. The Morgan fingerprint density at radius 3 is 2.88 bits per heavy atom. The van der Waals surface area contributed by atoms with Gasteiger partial charge in [0.1, 0.15) is 0 Å². The van der Waals surface area contributed by atoms with E-state index < -0.39 is 0 Å². The molecule has 0 aliphatic carbocycles. The summed E-state index contributed by atoms with van der Waals surface area (Å²) in [6.45, 7) is 4.72. The van der Waals surface area contributed by atoms with Crippen LogP contribution in [0.3, 0.4) is 0 Å². The molecule has 2 amide bonds. The molecule has 0 saturated carbocycles. The second-order valence-electron chi connectivity index (χ2n) is 7.22. The summed E-state index contributed by atoms with van der Waals surface area (Å²) in [6, 6.07) is 8.61. The molecule has 4 nitrogen and oxygen atoms in total. The molecule has 2 aliphatic rings. The average Bonchev–Trinajstić information content (AvgIpc) is 2.80. The zero-order chi connectivity index (χ0) is 16.9. The topological polar surface area (TPSA) is 40.6 Å². The molecule has 0 radical (unpaired) electrons. The molecule has 2 heterocycles. The second kappa shape index (κ2) is 7.82. The van der Waals surface area contributed by atoms with Crippen LogP contribution in [-0.4, -0.2) is 47.8 Å². The van der Waals surface area contributed by atoms with Gasteiger partial charge < -0.3 is 9.80 Å². The van der Waals surface area contributed by atoms with Gasteiger partial charge in [-0.3, -0.25) is 9.59 Å². The van der Waals surface area contributed by atoms with E-state index >= 15 is 0 Å². The lowest BCUT2D eigenvalue weighted by atomic mass is 9.90. The Morgan fingerprint density at radius 1 is 1.17 bits per heavy atom. The van der Waals surface area contributed by atoms with E-state index in [0.717, 1.165) is 51.7 Å². The Kier molecular flexibility index (Phi) is 5.54. The number of nitrogens with zero attached hydrogens (tertiary/aromatic N) is 2. The maximum atomic E-state index is 12.7. The molecule has 0 unspecified atom stereocenters. The summed E-state index contributed by atoms with van der Waals surface area (Å²) in [5.74, 6) is 0.679. The lowest BCUT2D eigenvalue weighted by Gasteiger charge is -2.34. The van der Waals surface area contributed by atoms with Gasteiger partial charge in [0.15, 0.2) is 0 Å². The van der Waals surface area contributed by atoms with Gasteiger partial charge in [-0.15, -0.1) is 0 Å². The normalized spacial score (nSPS) is 22.4. The molecule has 1 aromatic carbocycles. The van der Waals surface area contributed by atoms with Crippen LogP contribution in [0.4, 0.5) is 0 Å². The van der Waals surface area contributed by atoms with Gasteiger partial charge >= 0.3 is 0 Å². The molecule has 0 bridgehead atoms. The Labute approximate surface area is 144 Å². The predicted octanol–water partition coefficient (Wildman–Crippen LogP) is 3.10. The minimum absolute atomic E-state index is 0.114. The summed E-state index contributed by atoms with van der Waals surface area (Å²) >= 11 is 0. The number of benzene rings is 1. The molecular formula is C20H28N2O2. The van der Waals surface area contributed by atoms with E-state index in [2.05, 4.69) is 31.2 Å². The van der Waals surface area contributed by atoms with Crippen molar-refractivity contribution >= 4 is 11.8 Å². The van der Waals surface area contributed by atoms with E-state index in [1.54, 1.807) is 4.90 Å². The van der Waals surface area contributed by atoms with E-state index in [9.17, 15) is 9.59 Å². The lowest BCUT2D eigenvalue weighted by Crippen LogP contribution is -2.46. The van der Waals surface area contributed by atoms with Gasteiger partial charge in [-0.05, 0) is 38.2 Å². The van der Waals surface area contributed by atoms with Crippen LogP contribution in [0.5, 0.6) is 0 Å². The monoisotopic (exact) mass is 328 g/mol. The number of aryl methyl sites for hydroxylation is 1. The highest BCUT2D eigenvalue weighted by Crippen LogP contribution is 2.27. The van der Waals surface area contributed by atoms with Gasteiger partial charge in [-0.2, -0.15) is 0 Å². The van der Waals surface area contributed by atoms with Crippen molar-refractivity contribution in [1.29, 1.82) is 0 Å². The van der Waals surface area contributed by atoms with Crippen LogP contribution in [0.15, 0.2) is 24.3 Å². The highest BCUT2D eigenvalue weighted by molar-refractivity contribution is 5.85.